The summed E-state index contributed by atoms with van der Waals surface area (Å²) in [5.74, 6) is 3.32. The molecular formula is C20H37IN6O2. The Morgan fingerprint density at radius 2 is 2.07 bits per heavy atom. The number of ether oxygens (including phenoxy) is 1. The third kappa shape index (κ3) is 8.01. The number of rotatable bonds is 8. The van der Waals surface area contributed by atoms with Crippen LogP contribution >= 0.6 is 24.0 Å². The number of halogens is 1. The van der Waals surface area contributed by atoms with Gasteiger partial charge in [-0.3, -0.25) is 4.99 Å². The highest BCUT2D eigenvalue weighted by Crippen LogP contribution is 2.17. The Hall–Kier alpha value is -0.940. The second-order valence-corrected chi connectivity index (χ2v) is 8.16. The van der Waals surface area contributed by atoms with Gasteiger partial charge in [-0.15, -0.1) is 24.0 Å². The highest BCUT2D eigenvalue weighted by molar-refractivity contribution is 14.0. The summed E-state index contributed by atoms with van der Waals surface area (Å²) >= 11 is 0. The normalized spacial score (nSPS) is 21.4. The first-order chi connectivity index (χ1) is 13.6. The van der Waals surface area contributed by atoms with Crippen molar-refractivity contribution in [1.29, 1.82) is 0 Å². The van der Waals surface area contributed by atoms with E-state index in [1.807, 2.05) is 0 Å². The van der Waals surface area contributed by atoms with E-state index in [1.54, 1.807) is 0 Å². The molecule has 2 N–H and O–H groups in total. The fraction of sp³-hybridized carbons (Fsp3) is 0.850. The van der Waals surface area contributed by atoms with Crippen LogP contribution in [0.4, 0.5) is 0 Å². The zero-order chi connectivity index (χ0) is 19.8. The fourth-order valence-corrected chi connectivity index (χ4v) is 3.73. The van der Waals surface area contributed by atoms with Crippen molar-refractivity contribution in [1.82, 2.24) is 25.7 Å². The average Bonchev–Trinajstić information content (AvgIpc) is 3.35. The van der Waals surface area contributed by atoms with Crippen LogP contribution in [0.1, 0.15) is 57.7 Å². The molecule has 0 bridgehead atoms. The molecule has 1 aromatic rings. The molecule has 8 nitrogen and oxygen atoms in total. The van der Waals surface area contributed by atoms with Crippen molar-refractivity contribution < 1.29 is 9.26 Å². The Labute approximate surface area is 191 Å². The van der Waals surface area contributed by atoms with Gasteiger partial charge in [-0.05, 0) is 32.1 Å². The molecule has 1 aromatic heterocycles. The van der Waals surface area contributed by atoms with Gasteiger partial charge in [0.1, 0.15) is 0 Å². The van der Waals surface area contributed by atoms with Crippen LogP contribution in [0.5, 0.6) is 0 Å². The van der Waals surface area contributed by atoms with Crippen molar-refractivity contribution in [3.05, 3.63) is 11.7 Å². The maximum absolute atomic E-state index is 5.50. The van der Waals surface area contributed by atoms with Crippen LogP contribution in [0.3, 0.4) is 0 Å². The lowest BCUT2D eigenvalue weighted by Gasteiger charge is -2.34. The number of guanidine groups is 1. The lowest BCUT2D eigenvalue weighted by atomic mass is 10.0. The van der Waals surface area contributed by atoms with Gasteiger partial charge in [0.05, 0.1) is 13.2 Å². The lowest BCUT2D eigenvalue weighted by Crippen LogP contribution is -2.49. The minimum absolute atomic E-state index is 0. The summed E-state index contributed by atoms with van der Waals surface area (Å²) < 4.78 is 10.8. The first-order valence-corrected chi connectivity index (χ1v) is 10.8. The zero-order valence-corrected chi connectivity index (χ0v) is 20.4. The van der Waals surface area contributed by atoms with Gasteiger partial charge in [0.25, 0.3) is 0 Å². The summed E-state index contributed by atoms with van der Waals surface area (Å²) in [4.78, 5) is 11.7. The average molecular weight is 520 g/mol. The molecule has 9 heteroatoms. The molecule has 3 rings (SSSR count). The predicted octanol–water partition coefficient (Wildman–Crippen LogP) is 2.41. The van der Waals surface area contributed by atoms with Crippen molar-refractivity contribution >= 4 is 29.9 Å². The van der Waals surface area contributed by atoms with Crippen molar-refractivity contribution in [2.24, 2.45) is 10.9 Å². The Bertz CT molecular complexity index is 610. The molecule has 0 aliphatic carbocycles. The van der Waals surface area contributed by atoms with E-state index in [9.17, 15) is 0 Å². The Balaban J connectivity index is 0.00000300. The van der Waals surface area contributed by atoms with Crippen LogP contribution in [0.15, 0.2) is 9.52 Å². The minimum Gasteiger partial charge on any atom is -0.381 e. The van der Waals surface area contributed by atoms with Gasteiger partial charge in [-0.25, -0.2) is 0 Å². The van der Waals surface area contributed by atoms with E-state index in [2.05, 4.69) is 46.4 Å². The molecular weight excluding hydrogens is 483 g/mol. The van der Waals surface area contributed by atoms with Gasteiger partial charge in [-0.1, -0.05) is 19.0 Å². The van der Waals surface area contributed by atoms with E-state index in [0.29, 0.717) is 24.9 Å². The summed E-state index contributed by atoms with van der Waals surface area (Å²) in [5.41, 5.74) is 0. The molecule has 0 aromatic carbocycles. The number of nitrogens with one attached hydrogen (secondary N) is 2. The van der Waals surface area contributed by atoms with Gasteiger partial charge in [0.2, 0.25) is 5.89 Å². The molecule has 2 saturated heterocycles. The van der Waals surface area contributed by atoms with Crippen LogP contribution in [0.2, 0.25) is 0 Å². The predicted molar refractivity (Wildman–Crippen MR) is 125 cm³/mol. The Morgan fingerprint density at radius 3 is 2.69 bits per heavy atom. The molecule has 1 atom stereocenters. The van der Waals surface area contributed by atoms with Crippen molar-refractivity contribution in [2.45, 2.75) is 58.4 Å². The Morgan fingerprint density at radius 1 is 1.28 bits per heavy atom. The van der Waals surface area contributed by atoms with Crippen LogP contribution in [-0.2, 0) is 11.2 Å². The molecule has 166 valence electrons. The highest BCUT2D eigenvalue weighted by Gasteiger charge is 2.24. The number of likely N-dealkylation sites (tertiary alicyclic amines) is 1. The third-order valence-corrected chi connectivity index (χ3v) is 5.41. The molecule has 0 amide bonds. The second-order valence-electron chi connectivity index (χ2n) is 8.16. The largest absolute Gasteiger partial charge is 0.381 e. The van der Waals surface area contributed by atoms with Crippen molar-refractivity contribution in [3.63, 3.8) is 0 Å². The van der Waals surface area contributed by atoms with Gasteiger partial charge in [0, 0.05) is 51.2 Å². The second kappa shape index (κ2) is 12.7. The first kappa shape index (κ1) is 24.3. The van der Waals surface area contributed by atoms with E-state index < -0.39 is 0 Å². The van der Waals surface area contributed by atoms with Crippen LogP contribution in [0, 0.1) is 5.92 Å². The number of hydrogen-bond donors (Lipinski definition) is 2. The summed E-state index contributed by atoms with van der Waals surface area (Å²) in [6.07, 6.45) is 4.19. The third-order valence-electron chi connectivity index (χ3n) is 5.41. The highest BCUT2D eigenvalue weighted by atomic mass is 127. The lowest BCUT2D eigenvalue weighted by molar-refractivity contribution is 0.150. The van der Waals surface area contributed by atoms with Gasteiger partial charge < -0.3 is 24.8 Å². The number of aliphatic imine (C=N–C) groups is 1. The quantitative estimate of drug-likeness (QED) is 0.309. The van der Waals surface area contributed by atoms with Gasteiger partial charge >= 0.3 is 0 Å². The zero-order valence-electron chi connectivity index (χ0n) is 18.0. The van der Waals surface area contributed by atoms with E-state index in [1.165, 1.54) is 13.0 Å². The summed E-state index contributed by atoms with van der Waals surface area (Å²) in [7, 11) is 0. The molecule has 0 spiro atoms. The molecule has 0 saturated carbocycles. The minimum atomic E-state index is 0. The number of nitrogens with zero attached hydrogens (tertiary/aromatic N) is 4. The summed E-state index contributed by atoms with van der Waals surface area (Å²) in [5, 5.41) is 11.0. The number of piperidine rings is 1. The smallest absolute Gasteiger partial charge is 0.228 e. The van der Waals surface area contributed by atoms with Crippen LogP contribution < -0.4 is 10.6 Å². The molecule has 29 heavy (non-hydrogen) atoms. The monoisotopic (exact) mass is 520 g/mol. The Kier molecular flexibility index (Phi) is 10.6. The standard InChI is InChI=1S/C20H36N6O2.HI/c1-4-21-20(22-9-5-18-24-19(15(2)3)25-28-18)23-17-6-10-26(11-7-17)13-16-8-12-27-14-16;/h15-17H,4-14H2,1-3H3,(H2,21,22,23);1H. The van der Waals surface area contributed by atoms with E-state index in [-0.39, 0.29) is 29.9 Å². The maximum Gasteiger partial charge on any atom is 0.228 e. The van der Waals surface area contributed by atoms with Crippen LogP contribution in [0.25, 0.3) is 0 Å². The molecule has 2 fully saturated rings. The van der Waals surface area contributed by atoms with E-state index in [4.69, 9.17) is 14.3 Å². The molecule has 0 radical (unpaired) electrons. The molecule has 1 unspecified atom stereocenters. The first-order valence-electron chi connectivity index (χ1n) is 10.8. The SMILES string of the molecule is CCNC(=NCCc1nc(C(C)C)no1)NC1CCN(CC2CCOC2)CC1.I. The molecule has 3 heterocycles. The molecule has 2 aliphatic heterocycles. The maximum atomic E-state index is 5.50. The molecule has 2 aliphatic rings. The summed E-state index contributed by atoms with van der Waals surface area (Å²) in [6, 6.07) is 0.477. The number of aromatic nitrogens is 2. The van der Waals surface area contributed by atoms with E-state index >= 15 is 0 Å². The van der Waals surface area contributed by atoms with Gasteiger partial charge in [-0.2, -0.15) is 4.98 Å². The topological polar surface area (TPSA) is 87.8 Å². The van der Waals surface area contributed by atoms with E-state index in [0.717, 1.165) is 63.4 Å². The fourth-order valence-electron chi connectivity index (χ4n) is 3.73. The van der Waals surface area contributed by atoms with Crippen molar-refractivity contribution in [2.75, 3.05) is 45.9 Å². The number of hydrogen-bond acceptors (Lipinski definition) is 6. The van der Waals surface area contributed by atoms with Gasteiger partial charge in [0.15, 0.2) is 11.8 Å². The van der Waals surface area contributed by atoms with Crippen LogP contribution in [-0.4, -0.2) is 73.0 Å². The van der Waals surface area contributed by atoms with Crippen molar-refractivity contribution in [3.8, 4) is 0 Å². The summed E-state index contributed by atoms with van der Waals surface area (Å²) in [6.45, 7) is 13.1.